The maximum absolute atomic E-state index is 11.4. The Hall–Kier alpha value is -1.46. The highest BCUT2D eigenvalue weighted by Gasteiger charge is 2.43. The van der Waals surface area contributed by atoms with Crippen molar-refractivity contribution in [2.75, 3.05) is 0 Å². The molecular weight excluding hydrogens is 272 g/mol. The van der Waals surface area contributed by atoms with Gasteiger partial charge in [0.1, 0.15) is 6.17 Å². The molecule has 0 aromatic heterocycles. The number of carboxylic acids is 1. The third kappa shape index (κ3) is 2.31. The normalized spacial score (nSPS) is 25.9. The van der Waals surface area contributed by atoms with E-state index in [0.29, 0.717) is 11.5 Å². The van der Waals surface area contributed by atoms with Gasteiger partial charge in [-0.25, -0.2) is 4.79 Å². The van der Waals surface area contributed by atoms with Gasteiger partial charge < -0.3 is 10.4 Å². The first-order chi connectivity index (χ1) is 9.27. The Labute approximate surface area is 124 Å². The smallest absolute Gasteiger partial charge is 0.336 e. The van der Waals surface area contributed by atoms with Crippen molar-refractivity contribution in [3.05, 3.63) is 34.9 Å². The molecule has 2 atom stereocenters. The van der Waals surface area contributed by atoms with E-state index < -0.39 is 5.97 Å². The Balaban J connectivity index is 2.45. The molecule has 0 radical (unpaired) electrons. The molecule has 1 aliphatic rings. The Bertz CT molecular complexity index is 571. The average molecular weight is 292 g/mol. The van der Waals surface area contributed by atoms with Crippen LogP contribution in [0.1, 0.15) is 48.4 Å². The fraction of sp³-hybridized carbons (Fsp3) is 0.467. The van der Waals surface area contributed by atoms with Crippen molar-refractivity contribution in [3.63, 3.8) is 0 Å². The Kier molecular flexibility index (Phi) is 3.84. The second kappa shape index (κ2) is 5.14. The monoisotopic (exact) mass is 292 g/mol. The molecule has 0 aliphatic carbocycles. The molecule has 1 aromatic carbocycles. The molecule has 0 spiro atoms. The molecule has 0 saturated carbocycles. The number of carbonyl (C=O) groups is 1. The van der Waals surface area contributed by atoms with E-state index in [9.17, 15) is 9.90 Å². The quantitative estimate of drug-likeness (QED) is 0.748. The van der Waals surface area contributed by atoms with Gasteiger partial charge in [0.05, 0.1) is 16.1 Å². The van der Waals surface area contributed by atoms with Crippen LogP contribution in [0.5, 0.6) is 0 Å². The molecule has 2 unspecified atom stereocenters. The van der Waals surface area contributed by atoms with Crippen LogP contribution in [0, 0.1) is 12.8 Å². The van der Waals surface area contributed by atoms with Crippen molar-refractivity contribution in [1.82, 2.24) is 10.6 Å². The van der Waals surface area contributed by atoms with E-state index in [0.717, 1.165) is 16.1 Å². The molecule has 5 heteroatoms. The van der Waals surface area contributed by atoms with Crippen LogP contribution in [0.15, 0.2) is 18.2 Å². The molecule has 1 aromatic rings. The van der Waals surface area contributed by atoms with Gasteiger partial charge >= 0.3 is 5.97 Å². The Morgan fingerprint density at radius 1 is 1.45 bits per heavy atom. The summed E-state index contributed by atoms with van der Waals surface area (Å²) in [6.07, 6.45) is -0.262. The maximum atomic E-state index is 11.4. The van der Waals surface area contributed by atoms with E-state index in [4.69, 9.17) is 12.2 Å². The summed E-state index contributed by atoms with van der Waals surface area (Å²) in [7, 11) is 0. The summed E-state index contributed by atoms with van der Waals surface area (Å²) in [5, 5.41) is 16.1. The zero-order chi connectivity index (χ0) is 15.1. The summed E-state index contributed by atoms with van der Waals surface area (Å²) in [6.45, 7) is 8.16. The number of hydrogen-bond donors (Lipinski definition) is 3. The van der Waals surface area contributed by atoms with Crippen LogP contribution < -0.4 is 10.6 Å². The highest BCUT2D eigenvalue weighted by atomic mass is 32.1. The van der Waals surface area contributed by atoms with Crippen molar-refractivity contribution in [1.29, 1.82) is 0 Å². The third-order valence-electron chi connectivity index (χ3n) is 4.19. The number of benzene rings is 1. The Morgan fingerprint density at radius 3 is 2.60 bits per heavy atom. The largest absolute Gasteiger partial charge is 0.478 e. The number of aryl methyl sites for hydroxylation is 1. The number of thiocarbonyl (C=S) groups is 1. The highest BCUT2D eigenvalue weighted by molar-refractivity contribution is 7.80. The summed E-state index contributed by atoms with van der Waals surface area (Å²) in [5.41, 5.74) is 1.68. The lowest BCUT2D eigenvalue weighted by Crippen LogP contribution is -2.47. The van der Waals surface area contributed by atoms with Gasteiger partial charge in [-0.1, -0.05) is 38.2 Å². The predicted octanol–water partition coefficient (Wildman–Crippen LogP) is 2.63. The minimum Gasteiger partial charge on any atom is -0.478 e. The molecule has 4 nitrogen and oxygen atoms in total. The third-order valence-corrected chi connectivity index (χ3v) is 4.73. The first-order valence-electron chi connectivity index (χ1n) is 6.69. The van der Waals surface area contributed by atoms with Crippen LogP contribution in [0.4, 0.5) is 0 Å². The number of aromatic carboxylic acids is 1. The summed E-state index contributed by atoms with van der Waals surface area (Å²) in [4.78, 5) is 12.2. The van der Waals surface area contributed by atoms with E-state index in [2.05, 4.69) is 24.5 Å². The summed E-state index contributed by atoms with van der Waals surface area (Å²) in [6, 6.07) is 5.30. The van der Waals surface area contributed by atoms with Crippen LogP contribution in [0.2, 0.25) is 0 Å². The SMILES string of the molecule is Cc1cccc(C(=O)O)c1C1NC(=S)C(C)(C(C)C)N1. The van der Waals surface area contributed by atoms with Crippen LogP contribution in [-0.4, -0.2) is 21.6 Å². The molecule has 20 heavy (non-hydrogen) atoms. The van der Waals surface area contributed by atoms with Gasteiger partial charge in [-0.15, -0.1) is 0 Å². The molecule has 108 valence electrons. The maximum Gasteiger partial charge on any atom is 0.336 e. The van der Waals surface area contributed by atoms with E-state index in [1.165, 1.54) is 0 Å². The van der Waals surface area contributed by atoms with Gasteiger partial charge in [0.2, 0.25) is 0 Å². The van der Waals surface area contributed by atoms with E-state index >= 15 is 0 Å². The van der Waals surface area contributed by atoms with Crippen molar-refractivity contribution < 1.29 is 9.90 Å². The van der Waals surface area contributed by atoms with Crippen molar-refractivity contribution >= 4 is 23.2 Å². The van der Waals surface area contributed by atoms with Gasteiger partial charge in [-0.2, -0.15) is 0 Å². The zero-order valence-corrected chi connectivity index (χ0v) is 13.0. The van der Waals surface area contributed by atoms with Gasteiger partial charge in [-0.05, 0) is 31.4 Å². The van der Waals surface area contributed by atoms with Crippen LogP contribution in [0.3, 0.4) is 0 Å². The number of rotatable bonds is 3. The fourth-order valence-electron chi connectivity index (χ4n) is 2.51. The molecule has 0 amide bonds. The predicted molar refractivity (Wildman–Crippen MR) is 83.0 cm³/mol. The van der Waals surface area contributed by atoms with Crippen LogP contribution in [-0.2, 0) is 0 Å². The summed E-state index contributed by atoms with van der Waals surface area (Å²) in [5.74, 6) is -0.610. The van der Waals surface area contributed by atoms with Crippen molar-refractivity contribution in [2.45, 2.75) is 39.4 Å². The lowest BCUT2D eigenvalue weighted by Gasteiger charge is -2.29. The van der Waals surface area contributed by atoms with E-state index in [1.807, 2.05) is 19.9 Å². The first-order valence-corrected chi connectivity index (χ1v) is 7.09. The van der Waals surface area contributed by atoms with Gasteiger partial charge in [0.25, 0.3) is 0 Å². The molecule has 1 heterocycles. The topological polar surface area (TPSA) is 61.4 Å². The second-order valence-electron chi connectivity index (χ2n) is 5.75. The highest BCUT2D eigenvalue weighted by Crippen LogP contribution is 2.31. The standard InChI is InChI=1S/C15H20N2O2S/c1-8(2)15(4)14(20)16-12(17-15)11-9(3)6-5-7-10(11)13(18)19/h5-8,12,17H,1-4H3,(H,16,20)(H,18,19). The first kappa shape index (κ1) is 14.9. The zero-order valence-electron chi connectivity index (χ0n) is 12.2. The van der Waals surface area contributed by atoms with Gasteiger partial charge in [-0.3, -0.25) is 5.32 Å². The van der Waals surface area contributed by atoms with E-state index in [-0.39, 0.29) is 11.7 Å². The molecule has 2 rings (SSSR count). The fourth-order valence-corrected chi connectivity index (χ4v) is 2.92. The Morgan fingerprint density at radius 2 is 2.10 bits per heavy atom. The number of carboxylic acid groups (broad SMARTS) is 1. The molecule has 1 aliphatic heterocycles. The van der Waals surface area contributed by atoms with Crippen LogP contribution in [0.25, 0.3) is 0 Å². The lowest BCUT2D eigenvalue weighted by molar-refractivity contribution is 0.0694. The molecule has 0 bridgehead atoms. The summed E-state index contributed by atoms with van der Waals surface area (Å²) < 4.78 is 0. The minimum atomic E-state index is -0.920. The van der Waals surface area contributed by atoms with E-state index in [1.54, 1.807) is 12.1 Å². The van der Waals surface area contributed by atoms with Crippen LogP contribution >= 0.6 is 12.2 Å². The molecule has 1 saturated heterocycles. The summed E-state index contributed by atoms with van der Waals surface area (Å²) >= 11 is 5.44. The van der Waals surface area contributed by atoms with Crippen molar-refractivity contribution in [2.24, 2.45) is 5.92 Å². The van der Waals surface area contributed by atoms with Crippen molar-refractivity contribution in [3.8, 4) is 0 Å². The lowest BCUT2D eigenvalue weighted by atomic mass is 9.89. The second-order valence-corrected chi connectivity index (χ2v) is 6.16. The van der Waals surface area contributed by atoms with Gasteiger partial charge in [0.15, 0.2) is 0 Å². The average Bonchev–Trinajstić information content (AvgIpc) is 2.66. The number of nitrogens with one attached hydrogen (secondary N) is 2. The minimum absolute atomic E-state index is 0.262. The number of hydrogen-bond acceptors (Lipinski definition) is 3. The molecular formula is C15H20N2O2S. The molecule has 1 fully saturated rings. The molecule has 3 N–H and O–H groups in total. The van der Waals surface area contributed by atoms with Gasteiger partial charge in [0, 0.05) is 5.56 Å².